The van der Waals surface area contributed by atoms with Crippen LogP contribution in [0.25, 0.3) is 0 Å². The number of rotatable bonds is 45. The Morgan fingerprint density at radius 3 is 1.27 bits per heavy atom. The fraction of sp³-hybridized carbons (Fsp3) is 0.648. The molecule has 11 nitrogen and oxygen atoms in total. The van der Waals surface area contributed by atoms with Gasteiger partial charge in [0, 0.05) is 19.3 Å². The summed E-state index contributed by atoms with van der Waals surface area (Å²) in [5.74, 6) is -1.57. The molecule has 0 aliphatic carbocycles. The second-order valence-electron chi connectivity index (χ2n) is 16.2. The molecule has 0 aromatic carbocycles. The van der Waals surface area contributed by atoms with Gasteiger partial charge in [-0.25, -0.2) is 4.57 Å². The first-order valence-electron chi connectivity index (χ1n) is 25.1. The van der Waals surface area contributed by atoms with Crippen LogP contribution in [0.4, 0.5) is 0 Å². The van der Waals surface area contributed by atoms with Crippen molar-refractivity contribution < 1.29 is 52.2 Å². The summed E-state index contributed by atoms with van der Waals surface area (Å²) >= 11 is 0. The van der Waals surface area contributed by atoms with Crippen LogP contribution in [-0.4, -0.2) is 66.5 Å². The molecule has 3 unspecified atom stereocenters. The third kappa shape index (κ3) is 45.6. The summed E-state index contributed by atoms with van der Waals surface area (Å²) in [6, 6.07) is 0. The maximum atomic E-state index is 12.8. The predicted octanol–water partition coefficient (Wildman–Crippen LogP) is 14.1. The zero-order valence-electron chi connectivity index (χ0n) is 41.1. The van der Waals surface area contributed by atoms with E-state index >= 15 is 0 Å². The Labute approximate surface area is 400 Å². The molecule has 0 saturated carbocycles. The van der Waals surface area contributed by atoms with Crippen LogP contribution in [0.5, 0.6) is 0 Å². The number of hydrogen-bond acceptors (Lipinski definition) is 10. The SMILES string of the molecule is CC/C=C\C/C=C\C/C=C\C/C=C\CCCCC(=O)OC(COC(=O)CCCCC/C=C\C/C=C\C/C=C\CC)COP(=O)(O)OCC(CO)OC(=O)CCCCCCC/C=C\CCCC. The summed E-state index contributed by atoms with van der Waals surface area (Å²) in [6.07, 6.45) is 53.9. The van der Waals surface area contributed by atoms with E-state index in [0.29, 0.717) is 19.3 Å². The zero-order valence-corrected chi connectivity index (χ0v) is 42.0. The molecule has 0 aromatic rings. The van der Waals surface area contributed by atoms with Crippen molar-refractivity contribution in [2.75, 3.05) is 26.4 Å². The van der Waals surface area contributed by atoms with Crippen LogP contribution in [0.15, 0.2) is 97.2 Å². The topological polar surface area (TPSA) is 155 Å². The van der Waals surface area contributed by atoms with Crippen molar-refractivity contribution in [1.29, 1.82) is 0 Å². The molecule has 0 bridgehead atoms. The van der Waals surface area contributed by atoms with Crippen LogP contribution < -0.4 is 0 Å². The number of phosphoric ester groups is 1. The van der Waals surface area contributed by atoms with Crippen molar-refractivity contribution in [3.63, 3.8) is 0 Å². The van der Waals surface area contributed by atoms with Crippen molar-refractivity contribution in [3.8, 4) is 0 Å². The van der Waals surface area contributed by atoms with Crippen LogP contribution in [0.3, 0.4) is 0 Å². The first kappa shape index (κ1) is 62.4. The maximum absolute atomic E-state index is 12.8. The first-order valence-corrected chi connectivity index (χ1v) is 26.6. The second-order valence-corrected chi connectivity index (χ2v) is 17.7. The van der Waals surface area contributed by atoms with Crippen molar-refractivity contribution in [2.45, 2.75) is 200 Å². The number of phosphoric acid groups is 1. The molecule has 376 valence electrons. The Balaban J connectivity index is 4.88. The lowest BCUT2D eigenvalue weighted by atomic mass is 10.1. The lowest BCUT2D eigenvalue weighted by molar-refractivity contribution is -0.161. The van der Waals surface area contributed by atoms with Crippen molar-refractivity contribution in [3.05, 3.63) is 97.2 Å². The summed E-state index contributed by atoms with van der Waals surface area (Å²) in [7, 11) is -4.76. The largest absolute Gasteiger partial charge is 0.472 e. The lowest BCUT2D eigenvalue weighted by Crippen LogP contribution is -2.30. The molecule has 0 heterocycles. The Bertz CT molecular complexity index is 1480. The molecule has 2 N–H and O–H groups in total. The van der Waals surface area contributed by atoms with Gasteiger partial charge in [-0.1, -0.05) is 157 Å². The molecule has 3 atom stereocenters. The Kier molecular flexibility index (Phi) is 45.3. The third-order valence-corrected chi connectivity index (χ3v) is 10.9. The van der Waals surface area contributed by atoms with E-state index in [-0.39, 0.29) is 25.9 Å². The highest BCUT2D eigenvalue weighted by atomic mass is 31.2. The highest BCUT2D eigenvalue weighted by Gasteiger charge is 2.28. The normalized spacial score (nSPS) is 14.3. The van der Waals surface area contributed by atoms with Gasteiger partial charge in [-0.3, -0.25) is 23.4 Å². The van der Waals surface area contributed by atoms with Gasteiger partial charge in [-0.2, -0.15) is 0 Å². The number of unbranched alkanes of at least 4 members (excludes halogenated alkanes) is 12. The fourth-order valence-electron chi connectivity index (χ4n) is 6.16. The van der Waals surface area contributed by atoms with Crippen LogP contribution >= 0.6 is 7.82 Å². The third-order valence-electron chi connectivity index (χ3n) is 9.97. The molecule has 0 saturated heterocycles. The van der Waals surface area contributed by atoms with Gasteiger partial charge in [0.15, 0.2) is 6.10 Å². The van der Waals surface area contributed by atoms with Gasteiger partial charge < -0.3 is 24.2 Å². The van der Waals surface area contributed by atoms with Crippen LogP contribution in [0, 0.1) is 0 Å². The van der Waals surface area contributed by atoms with Gasteiger partial charge >= 0.3 is 25.7 Å². The number of aliphatic hydroxyl groups excluding tert-OH is 1. The van der Waals surface area contributed by atoms with E-state index in [2.05, 4.69) is 118 Å². The summed E-state index contributed by atoms with van der Waals surface area (Å²) in [5.41, 5.74) is 0. The first-order chi connectivity index (χ1) is 32.2. The van der Waals surface area contributed by atoms with Crippen LogP contribution in [0.1, 0.15) is 188 Å². The minimum Gasteiger partial charge on any atom is -0.462 e. The molecule has 0 spiro atoms. The Hall–Kier alpha value is -3.60. The standard InChI is InChI=1S/C54H89O11P/c1-4-7-10-13-16-19-22-24-25-27-30-33-36-39-42-45-54(58)65-51(47-61-52(56)43-40-37-34-31-29-26-23-20-17-14-11-8-5-2)49-63-66(59,60)62-48-50(46-55)64-53(57)44-41-38-35-32-28-21-18-15-12-9-6-3/h7-8,10-11,15-20,24-26,29-30,33,50-51,55H,4-6,9,12-14,21-23,27-28,31-32,34-49H2,1-3H3,(H,59,60)/b10-7-,11-8-,18-15-,19-16-,20-17-,25-24-,29-26-,33-30-. The van der Waals surface area contributed by atoms with Gasteiger partial charge in [0.25, 0.3) is 0 Å². The molecule has 0 aliphatic rings. The van der Waals surface area contributed by atoms with Gasteiger partial charge in [-0.05, 0) is 109 Å². The zero-order chi connectivity index (χ0) is 48.4. The minimum absolute atomic E-state index is 0.104. The molecule has 12 heteroatoms. The van der Waals surface area contributed by atoms with Gasteiger partial charge in [0.1, 0.15) is 12.7 Å². The molecule has 0 aromatic heterocycles. The predicted molar refractivity (Wildman–Crippen MR) is 270 cm³/mol. The maximum Gasteiger partial charge on any atom is 0.472 e. The number of esters is 3. The highest BCUT2D eigenvalue weighted by Crippen LogP contribution is 2.43. The van der Waals surface area contributed by atoms with E-state index in [4.69, 9.17) is 23.3 Å². The van der Waals surface area contributed by atoms with E-state index in [1.54, 1.807) is 0 Å². The molecule has 0 rings (SSSR count). The molecule has 0 amide bonds. The quantitative estimate of drug-likeness (QED) is 0.0197. The number of hydrogen-bond donors (Lipinski definition) is 2. The van der Waals surface area contributed by atoms with E-state index < -0.39 is 57.8 Å². The number of carbonyl (C=O) groups excluding carboxylic acids is 3. The number of ether oxygens (including phenoxy) is 3. The van der Waals surface area contributed by atoms with Crippen molar-refractivity contribution in [1.82, 2.24) is 0 Å². The molecule has 0 aliphatic heterocycles. The Morgan fingerprint density at radius 1 is 0.439 bits per heavy atom. The molecule has 0 radical (unpaired) electrons. The second kappa shape index (κ2) is 47.9. The highest BCUT2D eigenvalue weighted by molar-refractivity contribution is 7.47. The van der Waals surface area contributed by atoms with Gasteiger partial charge in [0.05, 0.1) is 19.8 Å². The van der Waals surface area contributed by atoms with Crippen molar-refractivity contribution in [2.24, 2.45) is 0 Å². The smallest absolute Gasteiger partial charge is 0.462 e. The van der Waals surface area contributed by atoms with Crippen molar-refractivity contribution >= 4 is 25.7 Å². The fourth-order valence-corrected chi connectivity index (χ4v) is 6.95. The van der Waals surface area contributed by atoms with Gasteiger partial charge in [-0.15, -0.1) is 0 Å². The number of aliphatic hydroxyl groups is 1. The average molecular weight is 945 g/mol. The average Bonchev–Trinajstić information content (AvgIpc) is 3.30. The molecular formula is C54H89O11P. The lowest BCUT2D eigenvalue weighted by Gasteiger charge is -2.21. The summed E-state index contributed by atoms with van der Waals surface area (Å²) in [6.45, 7) is 4.24. The molecule has 66 heavy (non-hydrogen) atoms. The number of carbonyl (C=O) groups is 3. The number of allylic oxidation sites excluding steroid dienone is 16. The van der Waals surface area contributed by atoms with Gasteiger partial charge in [0.2, 0.25) is 0 Å². The van der Waals surface area contributed by atoms with E-state index in [1.165, 1.54) is 12.8 Å². The summed E-state index contributed by atoms with van der Waals surface area (Å²) in [4.78, 5) is 48.2. The van der Waals surface area contributed by atoms with Crippen LogP contribution in [-0.2, 0) is 42.2 Å². The Morgan fingerprint density at radius 2 is 0.788 bits per heavy atom. The molecule has 0 fully saturated rings. The summed E-state index contributed by atoms with van der Waals surface area (Å²) < 4.78 is 39.2. The molecular weight excluding hydrogens is 856 g/mol. The van der Waals surface area contributed by atoms with E-state index in [0.717, 1.165) is 116 Å². The summed E-state index contributed by atoms with van der Waals surface area (Å²) in [5, 5.41) is 9.75. The monoisotopic (exact) mass is 945 g/mol. The van der Waals surface area contributed by atoms with Crippen LogP contribution in [0.2, 0.25) is 0 Å². The minimum atomic E-state index is -4.76. The van der Waals surface area contributed by atoms with E-state index in [1.807, 2.05) is 0 Å². The van der Waals surface area contributed by atoms with E-state index in [9.17, 15) is 28.9 Å².